The van der Waals surface area contributed by atoms with E-state index in [2.05, 4.69) is 34.8 Å². The smallest absolute Gasteiger partial charge is 0.283 e. The fourth-order valence-electron chi connectivity index (χ4n) is 3.64. The van der Waals surface area contributed by atoms with Crippen molar-refractivity contribution in [3.8, 4) is 51.8 Å². The fraction of sp³-hybridized carbons (Fsp3) is 0.133. The van der Waals surface area contributed by atoms with E-state index in [0.717, 1.165) is 24.3 Å². The van der Waals surface area contributed by atoms with Crippen molar-refractivity contribution in [3.05, 3.63) is 101 Å². The monoisotopic (exact) mass is 710 g/mol. The van der Waals surface area contributed by atoms with Gasteiger partial charge in [0.15, 0.2) is 11.5 Å². The first-order valence-corrected chi connectivity index (χ1v) is 13.7. The first-order valence-electron chi connectivity index (χ1n) is 13.3. The van der Waals surface area contributed by atoms with Gasteiger partial charge in [-0.15, -0.1) is 0 Å². The second-order valence-electron chi connectivity index (χ2n) is 8.96. The van der Waals surface area contributed by atoms with E-state index in [0.29, 0.717) is 11.0 Å². The number of benzene rings is 2. The summed E-state index contributed by atoms with van der Waals surface area (Å²) in [4.78, 5) is 15.1. The summed E-state index contributed by atoms with van der Waals surface area (Å²) in [5, 5.41) is 16.1. The lowest BCUT2D eigenvalue weighted by atomic mass is 10.1. The molecule has 4 heterocycles. The zero-order valence-corrected chi connectivity index (χ0v) is 25.7. The van der Waals surface area contributed by atoms with Crippen LogP contribution >= 0.6 is 11.6 Å². The van der Waals surface area contributed by atoms with Crippen LogP contribution in [0.25, 0.3) is 22.6 Å². The minimum atomic E-state index is -2.83. The van der Waals surface area contributed by atoms with Crippen LogP contribution in [-0.4, -0.2) is 49.6 Å². The maximum Gasteiger partial charge on any atom is 0.283 e. The van der Waals surface area contributed by atoms with Crippen LogP contribution in [-0.2, 0) is 0 Å². The Morgan fingerprint density at radius 2 is 1.18 bits per heavy atom. The topological polar surface area (TPSA) is 152 Å². The predicted molar refractivity (Wildman–Crippen MR) is 158 cm³/mol. The lowest BCUT2D eigenvalue weighted by Gasteiger charge is -2.09. The molecule has 0 bridgehead atoms. The summed E-state index contributed by atoms with van der Waals surface area (Å²) in [7, 11) is 2.94. The van der Waals surface area contributed by atoms with Gasteiger partial charge in [-0.25, -0.2) is 46.3 Å². The van der Waals surface area contributed by atoms with Gasteiger partial charge in [0, 0.05) is 18.2 Å². The van der Waals surface area contributed by atoms with Gasteiger partial charge in [-0.1, -0.05) is 34.0 Å². The average molecular weight is 711 g/mol. The van der Waals surface area contributed by atoms with E-state index in [9.17, 15) is 31.4 Å². The van der Waals surface area contributed by atoms with E-state index >= 15 is 0 Å². The van der Waals surface area contributed by atoms with Crippen LogP contribution in [0.2, 0.25) is 5.15 Å². The number of phenols is 1. The van der Waals surface area contributed by atoms with Gasteiger partial charge in [-0.3, -0.25) is 0 Å². The van der Waals surface area contributed by atoms with E-state index in [1.807, 2.05) is 0 Å². The number of methoxy groups -OCH3 is 2. The predicted octanol–water partition coefficient (Wildman–Crippen LogP) is 8.27. The van der Waals surface area contributed by atoms with Crippen LogP contribution in [0.1, 0.15) is 24.2 Å². The summed E-state index contributed by atoms with van der Waals surface area (Å²) in [5.74, 6) is -1.45. The highest BCUT2D eigenvalue weighted by molar-refractivity contribution is 6.29. The molecule has 6 aromatic rings. The number of aromatic hydroxyl groups is 1. The van der Waals surface area contributed by atoms with Crippen LogP contribution in [0.15, 0.2) is 82.4 Å². The van der Waals surface area contributed by atoms with Crippen LogP contribution in [0, 0.1) is 11.6 Å². The number of rotatable bonds is 8. The Balaban J connectivity index is 0.000000185. The zero-order valence-electron chi connectivity index (χ0n) is 24.9. The van der Waals surface area contributed by atoms with Gasteiger partial charge in [-0.05, 0) is 24.3 Å². The van der Waals surface area contributed by atoms with Crippen molar-refractivity contribution in [3.63, 3.8) is 0 Å². The quantitative estimate of drug-likeness (QED) is 0.120. The lowest BCUT2D eigenvalue weighted by molar-refractivity contribution is 0.140. The maximum atomic E-state index is 14.2. The number of hydrogen-bond donors (Lipinski definition) is 1. The SMILES string of the molecule is COc1cc(Cl)ncn1.COc1cc(Oc2cccc(F)c2-c2cc(C(F)F)no2)ncn1.Oc1cccc(F)c1-c1cc(C(F)F)no1. The summed E-state index contributed by atoms with van der Waals surface area (Å²) in [5.41, 5.74) is -1.61. The molecule has 6 rings (SSSR count). The summed E-state index contributed by atoms with van der Waals surface area (Å²) < 4.78 is 102. The number of phenolic OH excluding ortho intramolecular Hbond substituents is 1. The molecule has 2 aromatic carbocycles. The summed E-state index contributed by atoms with van der Waals surface area (Å²) in [6.45, 7) is 0. The number of ether oxygens (including phenoxy) is 3. The second-order valence-corrected chi connectivity index (χ2v) is 9.35. The zero-order chi connectivity index (χ0) is 35.5. The molecule has 0 unspecified atom stereocenters. The third-order valence-electron chi connectivity index (χ3n) is 5.82. The Labute approximate surface area is 276 Å². The standard InChI is InChI=1S/C15H10F3N3O3.C10H6F3NO2.C5H5ClN2O/c1-22-12-6-13(20-7-19-12)23-10-4-2-3-8(16)14(10)11-5-9(15(17)18)21-24-11;11-5-2-1-3-7(15)9(5)8-4-6(10(12)13)14-16-8;1-9-5-2-4(6)7-3-8-5/h2-7,15H,1H3;1-4,10,15H;2-3H,1H3. The largest absolute Gasteiger partial charge is 0.507 e. The number of hydrogen-bond acceptors (Lipinski definition) is 12. The highest BCUT2D eigenvalue weighted by atomic mass is 35.5. The molecular formula is C30H21ClF6N6O6. The van der Waals surface area contributed by atoms with E-state index < -0.39 is 41.6 Å². The molecular weight excluding hydrogens is 690 g/mol. The van der Waals surface area contributed by atoms with Gasteiger partial charge in [0.25, 0.3) is 12.9 Å². The first-order chi connectivity index (χ1) is 23.5. The number of nitrogens with zero attached hydrogens (tertiary/aromatic N) is 6. The Bertz CT molecular complexity index is 1960. The molecule has 19 heteroatoms. The van der Waals surface area contributed by atoms with Crippen LogP contribution in [0.3, 0.4) is 0 Å². The van der Waals surface area contributed by atoms with E-state index in [-0.39, 0.29) is 40.2 Å². The van der Waals surface area contributed by atoms with Crippen molar-refractivity contribution >= 4 is 11.6 Å². The minimum Gasteiger partial charge on any atom is -0.507 e. The molecule has 0 saturated heterocycles. The number of halogens is 7. The Morgan fingerprint density at radius 3 is 1.69 bits per heavy atom. The molecule has 0 saturated carbocycles. The molecule has 256 valence electrons. The Hall–Kier alpha value is -5.91. The van der Waals surface area contributed by atoms with Gasteiger partial charge >= 0.3 is 0 Å². The van der Waals surface area contributed by atoms with Crippen LogP contribution in [0.5, 0.6) is 29.1 Å². The van der Waals surface area contributed by atoms with Crippen molar-refractivity contribution in [2.24, 2.45) is 0 Å². The highest BCUT2D eigenvalue weighted by Crippen LogP contribution is 2.37. The molecule has 0 aliphatic carbocycles. The molecule has 1 N–H and O–H groups in total. The van der Waals surface area contributed by atoms with Gasteiger partial charge in [0.05, 0.1) is 31.4 Å². The molecule has 0 aliphatic rings. The fourth-order valence-corrected chi connectivity index (χ4v) is 3.77. The average Bonchev–Trinajstić information content (AvgIpc) is 3.77. The van der Waals surface area contributed by atoms with Crippen molar-refractivity contribution in [1.82, 2.24) is 30.2 Å². The van der Waals surface area contributed by atoms with Crippen LogP contribution in [0.4, 0.5) is 26.3 Å². The molecule has 4 aromatic heterocycles. The van der Waals surface area contributed by atoms with Crippen molar-refractivity contribution in [1.29, 1.82) is 0 Å². The number of aromatic nitrogens is 6. The van der Waals surface area contributed by atoms with E-state index in [1.54, 1.807) is 6.07 Å². The third kappa shape index (κ3) is 9.57. The van der Waals surface area contributed by atoms with E-state index in [1.165, 1.54) is 57.2 Å². The molecule has 0 atom stereocenters. The van der Waals surface area contributed by atoms with Crippen molar-refractivity contribution < 1.29 is 54.7 Å². The molecule has 12 nitrogen and oxygen atoms in total. The number of alkyl halides is 4. The molecule has 0 fully saturated rings. The molecule has 0 radical (unpaired) electrons. The lowest BCUT2D eigenvalue weighted by Crippen LogP contribution is -1.95. The second kappa shape index (κ2) is 16.8. The normalized spacial score (nSPS) is 10.6. The molecule has 0 aliphatic heterocycles. The molecule has 0 amide bonds. The summed E-state index contributed by atoms with van der Waals surface area (Å²) in [6, 6.07) is 12.4. The first kappa shape index (κ1) is 35.9. The van der Waals surface area contributed by atoms with Gasteiger partial charge < -0.3 is 28.4 Å². The summed E-state index contributed by atoms with van der Waals surface area (Å²) in [6.07, 6.45) is -3.08. The van der Waals surface area contributed by atoms with Gasteiger partial charge in [-0.2, -0.15) is 0 Å². The van der Waals surface area contributed by atoms with E-state index in [4.69, 9.17) is 30.3 Å². The van der Waals surface area contributed by atoms with Gasteiger partial charge in [0.1, 0.15) is 52.3 Å². The van der Waals surface area contributed by atoms with Gasteiger partial charge in [0.2, 0.25) is 17.6 Å². The van der Waals surface area contributed by atoms with Crippen molar-refractivity contribution in [2.75, 3.05) is 14.2 Å². The van der Waals surface area contributed by atoms with Crippen LogP contribution < -0.4 is 14.2 Å². The maximum absolute atomic E-state index is 14.2. The summed E-state index contributed by atoms with van der Waals surface area (Å²) >= 11 is 5.49. The highest BCUT2D eigenvalue weighted by Gasteiger charge is 2.22. The molecule has 49 heavy (non-hydrogen) atoms. The molecule has 0 spiro atoms. The Kier molecular flexibility index (Phi) is 12.3. The van der Waals surface area contributed by atoms with Crippen molar-refractivity contribution in [2.45, 2.75) is 12.9 Å². The Morgan fingerprint density at radius 1 is 0.673 bits per heavy atom. The minimum absolute atomic E-state index is 0.0210. The third-order valence-corrected chi connectivity index (χ3v) is 6.03.